The van der Waals surface area contributed by atoms with Crippen molar-refractivity contribution in [1.82, 2.24) is 4.90 Å². The zero-order valence-corrected chi connectivity index (χ0v) is 12.9. The van der Waals surface area contributed by atoms with Crippen LogP contribution in [0.3, 0.4) is 0 Å². The largest absolute Gasteiger partial charge is 0.366 e. The zero-order chi connectivity index (χ0) is 16.1. The second-order valence-corrected chi connectivity index (χ2v) is 5.04. The van der Waals surface area contributed by atoms with Gasteiger partial charge in [0.1, 0.15) is 11.6 Å². The lowest BCUT2D eigenvalue weighted by molar-refractivity contribution is 0.552. The molecule has 0 fully saturated rings. The molecule has 0 aliphatic heterocycles. The minimum Gasteiger partial charge on any atom is -0.366 e. The molecule has 1 N–H and O–H groups in total. The molecule has 0 bridgehead atoms. The minimum atomic E-state index is -0.472. The zero-order valence-electron chi connectivity index (χ0n) is 12.9. The van der Waals surface area contributed by atoms with Crippen LogP contribution in [0.25, 0.3) is 0 Å². The minimum absolute atomic E-state index is 0.227. The Morgan fingerprint density at radius 1 is 1.14 bits per heavy atom. The second-order valence-electron chi connectivity index (χ2n) is 5.04. The lowest BCUT2D eigenvalue weighted by atomic mass is 10.1. The number of hydrogen-bond donors (Lipinski definition) is 1. The van der Waals surface area contributed by atoms with Crippen molar-refractivity contribution < 1.29 is 8.78 Å². The van der Waals surface area contributed by atoms with Gasteiger partial charge in [-0.25, -0.2) is 13.8 Å². The molecule has 0 aliphatic carbocycles. The first-order chi connectivity index (χ1) is 10.5. The summed E-state index contributed by atoms with van der Waals surface area (Å²) in [6.07, 6.45) is 1.66. The predicted octanol–water partition coefficient (Wildman–Crippen LogP) is 4.63. The van der Waals surface area contributed by atoms with Gasteiger partial charge in [-0.05, 0) is 37.6 Å². The van der Waals surface area contributed by atoms with Crippen molar-refractivity contribution in [3.05, 3.63) is 53.6 Å². The summed E-state index contributed by atoms with van der Waals surface area (Å²) in [5, 5.41) is 2.77. The molecule has 0 amide bonds. The highest BCUT2D eigenvalue weighted by Gasteiger charge is 2.09. The van der Waals surface area contributed by atoms with Crippen molar-refractivity contribution in [3.63, 3.8) is 0 Å². The van der Waals surface area contributed by atoms with Crippen molar-refractivity contribution in [2.75, 3.05) is 18.9 Å². The number of benzene rings is 2. The van der Waals surface area contributed by atoms with E-state index in [0.717, 1.165) is 12.1 Å². The molecule has 3 nitrogen and oxygen atoms in total. The third-order valence-corrected chi connectivity index (χ3v) is 3.32. The molecule has 0 unspecified atom stereocenters. The first-order valence-corrected chi connectivity index (χ1v) is 7.07. The molecule has 22 heavy (non-hydrogen) atoms. The Morgan fingerprint density at radius 3 is 2.55 bits per heavy atom. The standard InChI is InChI=1S/C17H19F2N3/c1-4-22(3)11-20-16-10-14(19)17(9-12(16)2)21-15-8-6-5-7-13(15)18/h5-11,21H,4H2,1-3H3. The van der Waals surface area contributed by atoms with Crippen LogP contribution < -0.4 is 5.32 Å². The number of nitrogens with one attached hydrogen (secondary N) is 1. The number of para-hydroxylation sites is 1. The molecule has 0 heterocycles. The highest BCUT2D eigenvalue weighted by Crippen LogP contribution is 2.28. The van der Waals surface area contributed by atoms with Crippen molar-refractivity contribution in [3.8, 4) is 0 Å². The van der Waals surface area contributed by atoms with Gasteiger partial charge < -0.3 is 10.2 Å². The Morgan fingerprint density at radius 2 is 1.86 bits per heavy atom. The van der Waals surface area contributed by atoms with Crippen LogP contribution in [0.5, 0.6) is 0 Å². The number of aliphatic imine (C=N–C) groups is 1. The number of rotatable bonds is 5. The van der Waals surface area contributed by atoms with Gasteiger partial charge in [0.25, 0.3) is 0 Å². The fraction of sp³-hybridized carbons (Fsp3) is 0.235. The van der Waals surface area contributed by atoms with Crippen molar-refractivity contribution >= 4 is 23.4 Å². The maximum absolute atomic E-state index is 14.2. The molecule has 0 aliphatic rings. The Bertz CT molecular complexity index is 684. The van der Waals surface area contributed by atoms with Crippen molar-refractivity contribution in [2.45, 2.75) is 13.8 Å². The fourth-order valence-electron chi connectivity index (χ4n) is 1.86. The maximum atomic E-state index is 14.2. The quantitative estimate of drug-likeness (QED) is 0.644. The highest BCUT2D eigenvalue weighted by molar-refractivity contribution is 5.68. The van der Waals surface area contributed by atoms with E-state index in [9.17, 15) is 8.78 Å². The molecule has 116 valence electrons. The summed E-state index contributed by atoms with van der Waals surface area (Å²) in [6, 6.07) is 9.14. The topological polar surface area (TPSA) is 27.6 Å². The number of nitrogens with zero attached hydrogens (tertiary/aromatic N) is 2. The molecule has 0 atom stereocenters. The van der Waals surface area contributed by atoms with E-state index < -0.39 is 11.6 Å². The summed E-state index contributed by atoms with van der Waals surface area (Å²) in [5.41, 5.74) is 1.83. The predicted molar refractivity (Wildman–Crippen MR) is 87.3 cm³/mol. The van der Waals surface area contributed by atoms with Crippen LogP contribution in [-0.2, 0) is 0 Å². The SMILES string of the molecule is CCN(C)C=Nc1cc(F)c(Nc2ccccc2F)cc1C. The summed E-state index contributed by atoms with van der Waals surface area (Å²) in [4.78, 5) is 6.15. The fourth-order valence-corrected chi connectivity index (χ4v) is 1.86. The van der Waals surface area contributed by atoms with Crippen LogP contribution >= 0.6 is 0 Å². The lowest BCUT2D eigenvalue weighted by Gasteiger charge is -2.12. The van der Waals surface area contributed by atoms with Crippen LogP contribution in [0.1, 0.15) is 12.5 Å². The van der Waals surface area contributed by atoms with Gasteiger partial charge in [0.2, 0.25) is 0 Å². The first kappa shape index (κ1) is 15.9. The van der Waals surface area contributed by atoms with Crippen molar-refractivity contribution in [1.29, 1.82) is 0 Å². The normalized spacial score (nSPS) is 11.0. The first-order valence-electron chi connectivity index (χ1n) is 7.07. The summed E-state index contributed by atoms with van der Waals surface area (Å²) in [7, 11) is 1.89. The van der Waals surface area contributed by atoms with Crippen LogP contribution in [0.4, 0.5) is 25.8 Å². The van der Waals surface area contributed by atoms with Gasteiger partial charge in [0.05, 0.1) is 23.4 Å². The molecule has 0 saturated heterocycles. The Hall–Kier alpha value is -2.43. The summed E-state index contributed by atoms with van der Waals surface area (Å²) in [5.74, 6) is -0.897. The summed E-state index contributed by atoms with van der Waals surface area (Å²) >= 11 is 0. The molecule has 0 saturated carbocycles. The maximum Gasteiger partial charge on any atom is 0.148 e. The van der Waals surface area contributed by atoms with Gasteiger partial charge in [0.15, 0.2) is 0 Å². The van der Waals surface area contributed by atoms with E-state index in [1.807, 2.05) is 25.8 Å². The van der Waals surface area contributed by atoms with Gasteiger partial charge in [-0.15, -0.1) is 0 Å². The second kappa shape index (κ2) is 7.02. The van der Waals surface area contributed by atoms with E-state index in [1.54, 1.807) is 30.6 Å². The van der Waals surface area contributed by atoms with Crippen LogP contribution in [0.15, 0.2) is 41.4 Å². The molecule has 0 aromatic heterocycles. The van der Waals surface area contributed by atoms with Gasteiger partial charge in [-0.2, -0.15) is 0 Å². The monoisotopic (exact) mass is 303 g/mol. The third kappa shape index (κ3) is 3.81. The molecular formula is C17H19F2N3. The van der Waals surface area contributed by atoms with Crippen LogP contribution in [0, 0.1) is 18.6 Å². The molecule has 2 aromatic rings. The van der Waals surface area contributed by atoms with Crippen molar-refractivity contribution in [2.24, 2.45) is 4.99 Å². The Balaban J connectivity index is 2.27. The van der Waals surface area contributed by atoms with E-state index in [-0.39, 0.29) is 11.4 Å². The lowest BCUT2D eigenvalue weighted by Crippen LogP contribution is -2.14. The van der Waals surface area contributed by atoms with E-state index in [1.165, 1.54) is 12.1 Å². The molecule has 5 heteroatoms. The average molecular weight is 303 g/mol. The van der Waals surface area contributed by atoms with Gasteiger partial charge >= 0.3 is 0 Å². The van der Waals surface area contributed by atoms with Gasteiger partial charge in [0, 0.05) is 19.7 Å². The van der Waals surface area contributed by atoms with E-state index in [0.29, 0.717) is 5.69 Å². The van der Waals surface area contributed by atoms with E-state index in [4.69, 9.17) is 0 Å². The number of aryl methyl sites for hydroxylation is 1. The average Bonchev–Trinajstić information content (AvgIpc) is 2.51. The highest BCUT2D eigenvalue weighted by atomic mass is 19.1. The number of anilines is 2. The molecule has 0 radical (unpaired) electrons. The van der Waals surface area contributed by atoms with Crippen LogP contribution in [0.2, 0.25) is 0 Å². The van der Waals surface area contributed by atoms with Gasteiger partial charge in [-0.1, -0.05) is 12.1 Å². The Labute approximate surface area is 129 Å². The molecular weight excluding hydrogens is 284 g/mol. The smallest absolute Gasteiger partial charge is 0.148 e. The summed E-state index contributed by atoms with van der Waals surface area (Å²) < 4.78 is 27.8. The van der Waals surface area contributed by atoms with Crippen LogP contribution in [-0.4, -0.2) is 24.8 Å². The summed E-state index contributed by atoms with van der Waals surface area (Å²) in [6.45, 7) is 4.66. The van der Waals surface area contributed by atoms with Gasteiger partial charge in [-0.3, -0.25) is 0 Å². The van der Waals surface area contributed by atoms with E-state index >= 15 is 0 Å². The number of hydrogen-bond acceptors (Lipinski definition) is 2. The molecule has 2 aromatic carbocycles. The van der Waals surface area contributed by atoms with E-state index in [2.05, 4.69) is 10.3 Å². The molecule has 2 rings (SSSR count). The Kier molecular flexibility index (Phi) is 5.09. The molecule has 0 spiro atoms. The third-order valence-electron chi connectivity index (χ3n) is 3.32. The number of halogens is 2.